The lowest BCUT2D eigenvalue weighted by atomic mass is 9.95. The van der Waals surface area contributed by atoms with Crippen LogP contribution in [0.2, 0.25) is 0 Å². The van der Waals surface area contributed by atoms with Gasteiger partial charge in [0.15, 0.2) is 4.90 Å². The number of nitrogens with one attached hydrogen (secondary N) is 1. The van der Waals surface area contributed by atoms with Gasteiger partial charge in [0.2, 0.25) is 0 Å². The van der Waals surface area contributed by atoms with Crippen molar-refractivity contribution in [2.45, 2.75) is 37.5 Å². The topological polar surface area (TPSA) is 116 Å². The van der Waals surface area contributed by atoms with Crippen molar-refractivity contribution in [2.75, 3.05) is 11.3 Å². The predicted octanol–water partition coefficient (Wildman–Crippen LogP) is 3.51. The number of aryl methyl sites for hydroxylation is 1. The van der Waals surface area contributed by atoms with Gasteiger partial charge in [-0.25, -0.2) is 13.2 Å². The molecular formula is C17H18N2O6S2. The number of fused-ring (bicyclic) bond motifs is 1. The highest BCUT2D eigenvalue weighted by Crippen LogP contribution is 2.40. The maximum atomic E-state index is 12.8. The molecule has 144 valence electrons. The number of thiophene rings is 1. The van der Waals surface area contributed by atoms with Crippen molar-refractivity contribution in [3.05, 3.63) is 50.4 Å². The molecule has 3 rings (SSSR count). The van der Waals surface area contributed by atoms with E-state index in [1.165, 1.54) is 23.5 Å². The summed E-state index contributed by atoms with van der Waals surface area (Å²) in [6, 6.07) is 5.09. The molecule has 0 amide bonds. The SMILES string of the molecule is CCOC(=O)c1c(NS(=O)(=O)c2ccccc2[N+](=O)[O-])sc2c1CCCC2. The molecule has 1 aliphatic carbocycles. The third-order valence-electron chi connectivity index (χ3n) is 4.23. The van der Waals surface area contributed by atoms with Crippen molar-refractivity contribution in [1.29, 1.82) is 0 Å². The van der Waals surface area contributed by atoms with E-state index in [-0.39, 0.29) is 17.2 Å². The molecule has 8 nitrogen and oxygen atoms in total. The number of hydrogen-bond acceptors (Lipinski definition) is 7. The van der Waals surface area contributed by atoms with Crippen LogP contribution in [0.4, 0.5) is 10.7 Å². The largest absolute Gasteiger partial charge is 0.462 e. The first-order valence-electron chi connectivity index (χ1n) is 8.43. The Bertz CT molecular complexity index is 997. The van der Waals surface area contributed by atoms with Crippen molar-refractivity contribution in [3.63, 3.8) is 0 Å². The van der Waals surface area contributed by atoms with Crippen LogP contribution in [0.25, 0.3) is 0 Å². The number of nitro benzene ring substituents is 1. The zero-order valence-electron chi connectivity index (χ0n) is 14.6. The summed E-state index contributed by atoms with van der Waals surface area (Å²) >= 11 is 1.19. The van der Waals surface area contributed by atoms with Gasteiger partial charge in [0, 0.05) is 10.9 Å². The first-order valence-corrected chi connectivity index (χ1v) is 10.7. The number of hydrogen-bond donors (Lipinski definition) is 1. The average Bonchev–Trinajstić information content (AvgIpc) is 2.99. The second-order valence-electron chi connectivity index (χ2n) is 5.97. The lowest BCUT2D eigenvalue weighted by Crippen LogP contribution is -2.17. The van der Waals surface area contributed by atoms with Gasteiger partial charge < -0.3 is 4.74 Å². The van der Waals surface area contributed by atoms with E-state index < -0.39 is 31.5 Å². The van der Waals surface area contributed by atoms with Crippen molar-refractivity contribution < 1.29 is 22.9 Å². The van der Waals surface area contributed by atoms with Gasteiger partial charge in [0.25, 0.3) is 15.7 Å². The molecule has 0 atom stereocenters. The van der Waals surface area contributed by atoms with E-state index in [1.54, 1.807) is 6.92 Å². The fraction of sp³-hybridized carbons (Fsp3) is 0.353. The minimum atomic E-state index is -4.25. The van der Waals surface area contributed by atoms with Crippen LogP contribution in [0.5, 0.6) is 0 Å². The highest BCUT2D eigenvalue weighted by Gasteiger charge is 2.31. The summed E-state index contributed by atoms with van der Waals surface area (Å²) in [5.74, 6) is -0.586. The average molecular weight is 410 g/mol. The molecule has 0 saturated heterocycles. The molecule has 27 heavy (non-hydrogen) atoms. The van der Waals surface area contributed by atoms with Gasteiger partial charge in [-0.05, 0) is 44.2 Å². The van der Waals surface area contributed by atoms with E-state index in [0.717, 1.165) is 41.8 Å². The second-order valence-corrected chi connectivity index (χ2v) is 8.72. The minimum Gasteiger partial charge on any atom is -0.462 e. The minimum absolute atomic E-state index is 0.151. The lowest BCUT2D eigenvalue weighted by Gasteiger charge is -2.12. The molecule has 1 N–H and O–H groups in total. The zero-order valence-corrected chi connectivity index (χ0v) is 16.2. The molecule has 0 radical (unpaired) electrons. The first-order chi connectivity index (χ1) is 12.8. The number of nitro groups is 1. The third-order valence-corrected chi connectivity index (χ3v) is 6.96. The van der Waals surface area contributed by atoms with Crippen molar-refractivity contribution in [3.8, 4) is 0 Å². The molecule has 2 aromatic rings. The molecule has 0 bridgehead atoms. The van der Waals surface area contributed by atoms with E-state index in [0.29, 0.717) is 6.42 Å². The molecule has 1 heterocycles. The molecule has 0 aliphatic heterocycles. The summed E-state index contributed by atoms with van der Waals surface area (Å²) in [6.45, 7) is 1.84. The van der Waals surface area contributed by atoms with Gasteiger partial charge in [-0.2, -0.15) is 0 Å². The fourth-order valence-electron chi connectivity index (χ4n) is 3.07. The number of benzene rings is 1. The lowest BCUT2D eigenvalue weighted by molar-refractivity contribution is -0.387. The molecule has 1 aliphatic rings. The van der Waals surface area contributed by atoms with Crippen molar-refractivity contribution in [2.24, 2.45) is 0 Å². The van der Waals surface area contributed by atoms with Gasteiger partial charge in [0.1, 0.15) is 5.00 Å². The first kappa shape index (κ1) is 19.3. The number of ether oxygens (including phenoxy) is 1. The number of nitrogens with zero attached hydrogens (tertiary/aromatic N) is 1. The molecule has 0 spiro atoms. The van der Waals surface area contributed by atoms with Crippen LogP contribution in [-0.4, -0.2) is 25.9 Å². The van der Waals surface area contributed by atoms with Crippen LogP contribution in [0, 0.1) is 10.1 Å². The van der Waals surface area contributed by atoms with Crippen LogP contribution in [0.15, 0.2) is 29.2 Å². The van der Waals surface area contributed by atoms with Crippen LogP contribution < -0.4 is 4.72 Å². The van der Waals surface area contributed by atoms with E-state index >= 15 is 0 Å². The van der Waals surface area contributed by atoms with Gasteiger partial charge in [-0.3, -0.25) is 14.8 Å². The van der Waals surface area contributed by atoms with Gasteiger partial charge in [0.05, 0.1) is 17.1 Å². The standard InChI is InChI=1S/C17H18N2O6S2/c1-2-25-17(20)15-11-7-3-5-9-13(11)26-16(15)18-27(23,24)14-10-6-4-8-12(14)19(21)22/h4,6,8,10,18H,2-3,5,7,9H2,1H3. The third kappa shape index (κ3) is 3.81. The normalized spacial score (nSPS) is 13.7. The number of para-hydroxylation sites is 1. The number of rotatable bonds is 6. The van der Waals surface area contributed by atoms with Crippen molar-refractivity contribution >= 4 is 38.0 Å². The van der Waals surface area contributed by atoms with Gasteiger partial charge in [-0.15, -0.1) is 11.3 Å². The molecule has 1 aromatic heterocycles. The Labute approximate surface area is 160 Å². The highest BCUT2D eigenvalue weighted by molar-refractivity contribution is 7.93. The summed E-state index contributed by atoms with van der Waals surface area (Å²) in [5, 5.41) is 11.3. The quantitative estimate of drug-likeness (QED) is 0.443. The Balaban J connectivity index is 2.06. The maximum Gasteiger partial charge on any atom is 0.341 e. The summed E-state index contributed by atoms with van der Waals surface area (Å²) in [6.07, 6.45) is 3.31. The smallest absolute Gasteiger partial charge is 0.341 e. The number of esters is 1. The Morgan fingerprint density at radius 1 is 1.30 bits per heavy atom. The molecule has 10 heteroatoms. The van der Waals surface area contributed by atoms with Crippen LogP contribution >= 0.6 is 11.3 Å². The summed E-state index contributed by atoms with van der Waals surface area (Å²) in [4.78, 5) is 23.4. The highest BCUT2D eigenvalue weighted by atomic mass is 32.2. The van der Waals surface area contributed by atoms with E-state index in [9.17, 15) is 23.3 Å². The van der Waals surface area contributed by atoms with E-state index in [2.05, 4.69) is 4.72 Å². The number of carbonyl (C=O) groups excluding carboxylic acids is 1. The molecule has 0 fully saturated rings. The summed E-state index contributed by atoms with van der Waals surface area (Å²) in [7, 11) is -4.25. The molecule has 0 saturated carbocycles. The summed E-state index contributed by atoms with van der Waals surface area (Å²) < 4.78 is 33.1. The Kier molecular flexibility index (Phi) is 5.47. The van der Waals surface area contributed by atoms with Crippen LogP contribution in [0.1, 0.15) is 40.6 Å². The fourth-order valence-corrected chi connectivity index (χ4v) is 5.83. The Morgan fingerprint density at radius 3 is 2.70 bits per heavy atom. The van der Waals surface area contributed by atoms with Crippen molar-refractivity contribution in [1.82, 2.24) is 0 Å². The number of sulfonamides is 1. The monoisotopic (exact) mass is 410 g/mol. The Morgan fingerprint density at radius 2 is 2.00 bits per heavy atom. The number of anilines is 1. The zero-order chi connectivity index (χ0) is 19.6. The van der Waals surface area contributed by atoms with Gasteiger partial charge in [-0.1, -0.05) is 12.1 Å². The van der Waals surface area contributed by atoms with Crippen LogP contribution in [0.3, 0.4) is 0 Å². The summed E-state index contributed by atoms with van der Waals surface area (Å²) in [5.41, 5.74) is 0.507. The number of carbonyl (C=O) groups is 1. The molecule has 1 aromatic carbocycles. The Hall–Kier alpha value is -2.46. The second kappa shape index (κ2) is 7.65. The predicted molar refractivity (Wildman–Crippen MR) is 101 cm³/mol. The van der Waals surface area contributed by atoms with Crippen LogP contribution in [-0.2, 0) is 27.6 Å². The molecule has 0 unspecified atom stereocenters. The van der Waals surface area contributed by atoms with Gasteiger partial charge >= 0.3 is 5.97 Å². The molecular weight excluding hydrogens is 392 g/mol. The van der Waals surface area contributed by atoms with E-state index in [1.807, 2.05) is 0 Å². The maximum absolute atomic E-state index is 12.8. The van der Waals surface area contributed by atoms with E-state index in [4.69, 9.17) is 4.74 Å².